The molecule has 5 nitrogen and oxygen atoms in total. The molecule has 1 unspecified atom stereocenters. The Labute approximate surface area is 95.6 Å². The molecule has 0 bridgehead atoms. The number of hydrogen-bond acceptors (Lipinski definition) is 3. The van der Waals surface area contributed by atoms with Gasteiger partial charge >= 0.3 is 0 Å². The van der Waals surface area contributed by atoms with Gasteiger partial charge in [0.25, 0.3) is 0 Å². The van der Waals surface area contributed by atoms with Crippen LogP contribution >= 0.6 is 0 Å². The highest BCUT2D eigenvalue weighted by Gasteiger charge is 2.30. The van der Waals surface area contributed by atoms with E-state index in [0.717, 1.165) is 25.8 Å². The minimum atomic E-state index is -0.0604. The summed E-state index contributed by atoms with van der Waals surface area (Å²) in [7, 11) is 1.77. The van der Waals surface area contributed by atoms with E-state index < -0.39 is 0 Å². The third-order valence-corrected chi connectivity index (χ3v) is 3.31. The summed E-state index contributed by atoms with van der Waals surface area (Å²) in [4.78, 5) is 24.8. The minimum absolute atomic E-state index is 0.00581. The third-order valence-electron chi connectivity index (χ3n) is 3.31. The average molecular weight is 225 g/mol. The highest BCUT2D eigenvalue weighted by Crippen LogP contribution is 2.11. The Morgan fingerprint density at radius 2 is 2.31 bits per heavy atom. The molecule has 0 spiro atoms. The zero-order chi connectivity index (χ0) is 11.5. The van der Waals surface area contributed by atoms with Gasteiger partial charge in [0, 0.05) is 20.0 Å². The second kappa shape index (κ2) is 4.82. The van der Waals surface area contributed by atoms with E-state index in [1.54, 1.807) is 11.9 Å². The van der Waals surface area contributed by atoms with Crippen LogP contribution in [0.15, 0.2) is 0 Å². The number of hydrogen-bond donors (Lipinski definition) is 2. The van der Waals surface area contributed by atoms with Gasteiger partial charge in [-0.15, -0.1) is 0 Å². The maximum absolute atomic E-state index is 11.9. The topological polar surface area (TPSA) is 61.4 Å². The van der Waals surface area contributed by atoms with Crippen molar-refractivity contribution in [3.05, 3.63) is 0 Å². The lowest BCUT2D eigenvalue weighted by atomic mass is 10.0. The van der Waals surface area contributed by atoms with Crippen LogP contribution in [-0.4, -0.2) is 48.9 Å². The van der Waals surface area contributed by atoms with Crippen molar-refractivity contribution in [3.63, 3.8) is 0 Å². The Hall–Kier alpha value is -1.10. The number of likely N-dealkylation sites (tertiary alicyclic amines) is 1. The molecule has 5 heteroatoms. The highest BCUT2D eigenvalue weighted by atomic mass is 16.2. The van der Waals surface area contributed by atoms with Gasteiger partial charge in [-0.25, -0.2) is 0 Å². The molecule has 90 valence electrons. The normalized spacial score (nSPS) is 30.6. The van der Waals surface area contributed by atoms with E-state index in [-0.39, 0.29) is 23.9 Å². The van der Waals surface area contributed by atoms with Crippen LogP contribution in [0.2, 0.25) is 0 Å². The Balaban J connectivity index is 1.81. The Morgan fingerprint density at radius 3 is 2.88 bits per heavy atom. The van der Waals surface area contributed by atoms with Crippen molar-refractivity contribution in [3.8, 4) is 0 Å². The highest BCUT2D eigenvalue weighted by molar-refractivity contribution is 5.84. The molecule has 2 N–H and O–H groups in total. The molecule has 2 atom stereocenters. The maximum Gasteiger partial charge on any atom is 0.237 e. The monoisotopic (exact) mass is 225 g/mol. The molecule has 0 aromatic carbocycles. The standard InChI is InChI=1S/C11H19N3O2/c1-14-7-8(6-10(14)15)13-11(16)9-4-2-3-5-12-9/h8-9,12H,2-7H2,1H3,(H,13,16)/t8?,9-/m0/s1. The van der Waals surface area contributed by atoms with Crippen molar-refractivity contribution < 1.29 is 9.59 Å². The molecule has 2 aliphatic rings. The summed E-state index contributed by atoms with van der Waals surface area (Å²) in [5, 5.41) is 6.15. The number of rotatable bonds is 2. The lowest BCUT2D eigenvalue weighted by Crippen LogP contribution is -2.50. The van der Waals surface area contributed by atoms with Crippen LogP contribution in [0, 0.1) is 0 Å². The molecule has 0 aliphatic carbocycles. The smallest absolute Gasteiger partial charge is 0.237 e. The van der Waals surface area contributed by atoms with E-state index in [1.807, 2.05) is 0 Å². The molecule has 0 aromatic heterocycles. The summed E-state index contributed by atoms with van der Waals surface area (Å²) < 4.78 is 0. The van der Waals surface area contributed by atoms with Gasteiger partial charge in [0.1, 0.15) is 0 Å². The Kier molecular flexibility index (Phi) is 3.43. The molecule has 2 aliphatic heterocycles. The molecule has 0 saturated carbocycles. The third kappa shape index (κ3) is 2.52. The summed E-state index contributed by atoms with van der Waals surface area (Å²) in [6, 6.07) is -0.0662. The number of nitrogens with one attached hydrogen (secondary N) is 2. The first-order valence-electron chi connectivity index (χ1n) is 5.94. The quantitative estimate of drug-likeness (QED) is 0.664. The summed E-state index contributed by atoms with van der Waals surface area (Å²) in [6.07, 6.45) is 3.60. The van der Waals surface area contributed by atoms with Gasteiger partial charge < -0.3 is 15.5 Å². The largest absolute Gasteiger partial charge is 0.350 e. The number of carbonyl (C=O) groups excluding carboxylic acids is 2. The summed E-state index contributed by atoms with van der Waals surface area (Å²) in [6.45, 7) is 1.55. The SMILES string of the molecule is CN1CC(NC(=O)[C@@H]2CCCCN2)CC1=O. The Bertz CT molecular complexity index is 287. The van der Waals surface area contributed by atoms with Crippen LogP contribution in [-0.2, 0) is 9.59 Å². The van der Waals surface area contributed by atoms with Crippen molar-refractivity contribution in [2.75, 3.05) is 20.1 Å². The van der Waals surface area contributed by atoms with Crippen molar-refractivity contribution in [1.29, 1.82) is 0 Å². The fraction of sp³-hybridized carbons (Fsp3) is 0.818. The fourth-order valence-electron chi connectivity index (χ4n) is 2.34. The number of nitrogens with zero attached hydrogens (tertiary/aromatic N) is 1. The Morgan fingerprint density at radius 1 is 1.50 bits per heavy atom. The van der Waals surface area contributed by atoms with Crippen LogP contribution in [0.5, 0.6) is 0 Å². The molecule has 2 amide bonds. The van der Waals surface area contributed by atoms with Gasteiger partial charge in [0.05, 0.1) is 12.1 Å². The zero-order valence-corrected chi connectivity index (χ0v) is 9.66. The lowest BCUT2D eigenvalue weighted by molar-refractivity contribution is -0.126. The van der Waals surface area contributed by atoms with Gasteiger partial charge in [-0.05, 0) is 19.4 Å². The van der Waals surface area contributed by atoms with Crippen LogP contribution in [0.25, 0.3) is 0 Å². The molecular formula is C11H19N3O2. The molecule has 2 saturated heterocycles. The van der Waals surface area contributed by atoms with Gasteiger partial charge in [-0.3, -0.25) is 9.59 Å². The average Bonchev–Trinajstić information content (AvgIpc) is 2.59. The number of piperidine rings is 1. The van der Waals surface area contributed by atoms with E-state index in [9.17, 15) is 9.59 Å². The van der Waals surface area contributed by atoms with E-state index in [1.165, 1.54) is 0 Å². The summed E-state index contributed by atoms with van der Waals surface area (Å²) in [5.74, 6) is 0.162. The second-order valence-electron chi connectivity index (χ2n) is 4.69. The fourth-order valence-corrected chi connectivity index (χ4v) is 2.34. The summed E-state index contributed by atoms with van der Waals surface area (Å²) in [5.41, 5.74) is 0. The predicted octanol–water partition coefficient (Wildman–Crippen LogP) is -0.525. The van der Waals surface area contributed by atoms with Gasteiger partial charge in [0.15, 0.2) is 0 Å². The van der Waals surface area contributed by atoms with Crippen molar-refractivity contribution in [2.45, 2.75) is 37.8 Å². The minimum Gasteiger partial charge on any atom is -0.350 e. The second-order valence-corrected chi connectivity index (χ2v) is 4.69. The number of amides is 2. The zero-order valence-electron chi connectivity index (χ0n) is 9.66. The van der Waals surface area contributed by atoms with E-state index in [4.69, 9.17) is 0 Å². The van der Waals surface area contributed by atoms with E-state index in [0.29, 0.717) is 13.0 Å². The molecule has 0 radical (unpaired) electrons. The first-order valence-corrected chi connectivity index (χ1v) is 5.94. The van der Waals surface area contributed by atoms with Crippen LogP contribution in [0.4, 0.5) is 0 Å². The number of carbonyl (C=O) groups is 2. The van der Waals surface area contributed by atoms with Crippen molar-refractivity contribution in [1.82, 2.24) is 15.5 Å². The first kappa shape index (κ1) is 11.4. The maximum atomic E-state index is 11.9. The first-order chi connectivity index (χ1) is 7.66. The summed E-state index contributed by atoms with van der Waals surface area (Å²) >= 11 is 0. The molecule has 2 heterocycles. The van der Waals surface area contributed by atoms with Crippen LogP contribution in [0.3, 0.4) is 0 Å². The van der Waals surface area contributed by atoms with Crippen molar-refractivity contribution in [2.24, 2.45) is 0 Å². The lowest BCUT2D eigenvalue weighted by Gasteiger charge is -2.24. The van der Waals surface area contributed by atoms with Gasteiger partial charge in [-0.1, -0.05) is 6.42 Å². The molecule has 16 heavy (non-hydrogen) atoms. The van der Waals surface area contributed by atoms with E-state index >= 15 is 0 Å². The van der Waals surface area contributed by atoms with Gasteiger partial charge in [0.2, 0.25) is 11.8 Å². The molecular weight excluding hydrogens is 206 g/mol. The van der Waals surface area contributed by atoms with Crippen LogP contribution in [0.1, 0.15) is 25.7 Å². The van der Waals surface area contributed by atoms with Crippen LogP contribution < -0.4 is 10.6 Å². The van der Waals surface area contributed by atoms with Crippen molar-refractivity contribution >= 4 is 11.8 Å². The molecule has 2 rings (SSSR count). The molecule has 0 aromatic rings. The number of likely N-dealkylation sites (N-methyl/N-ethyl adjacent to an activating group) is 1. The molecule has 2 fully saturated rings. The van der Waals surface area contributed by atoms with E-state index in [2.05, 4.69) is 10.6 Å². The predicted molar refractivity (Wildman–Crippen MR) is 59.8 cm³/mol. The van der Waals surface area contributed by atoms with Gasteiger partial charge in [-0.2, -0.15) is 0 Å².